The topological polar surface area (TPSA) is 517 Å². The number of carbonyl (C=O) groups is 14. The van der Waals surface area contributed by atoms with E-state index in [2.05, 4.69) is 37.2 Å². The molecule has 0 radical (unpaired) electrons. The highest BCUT2D eigenvalue weighted by atomic mass is 16.4. The summed E-state index contributed by atoms with van der Waals surface area (Å²) in [4.78, 5) is 181. The molecule has 9 atom stereocenters. The highest BCUT2D eigenvalue weighted by molar-refractivity contribution is 6.00. The molecular weight excluding hydrogens is 995 g/mol. The van der Waals surface area contributed by atoms with Crippen LogP contribution in [-0.4, -0.2) is 171 Å². The average Bonchev–Trinajstić information content (AvgIpc) is 3.79. The second-order valence-electron chi connectivity index (χ2n) is 19.0. The number of hydrogen-bond donors (Lipinski definition) is 15. The summed E-state index contributed by atoms with van der Waals surface area (Å²) in [6.07, 6.45) is -4.43. The lowest BCUT2D eigenvalue weighted by atomic mass is 10.0. The number of hydrogen-bond acceptors (Lipinski definition) is 16. The van der Waals surface area contributed by atoms with Crippen LogP contribution in [0.4, 0.5) is 0 Å². The Kier molecular flexibility index (Phi) is 28.5. The number of carboxylic acids is 3. The van der Waals surface area contributed by atoms with Crippen LogP contribution in [0.1, 0.15) is 118 Å². The van der Waals surface area contributed by atoms with E-state index in [0.717, 1.165) is 4.90 Å². The molecule has 1 saturated heterocycles. The van der Waals surface area contributed by atoms with Crippen molar-refractivity contribution < 1.29 is 82.4 Å². The van der Waals surface area contributed by atoms with Crippen LogP contribution >= 0.6 is 0 Å². The number of nitrogens with one attached hydrogen (secondary N) is 7. The van der Waals surface area contributed by atoms with Crippen molar-refractivity contribution in [3.8, 4) is 0 Å². The fourth-order valence-corrected chi connectivity index (χ4v) is 7.77. The summed E-state index contributed by atoms with van der Waals surface area (Å²) in [7, 11) is 0. The van der Waals surface area contributed by atoms with Crippen molar-refractivity contribution in [1.82, 2.24) is 42.1 Å². The number of likely N-dealkylation sites (tertiary alicyclic amines) is 1. The summed E-state index contributed by atoms with van der Waals surface area (Å²) in [6.45, 7) is 6.96. The van der Waals surface area contributed by atoms with Crippen molar-refractivity contribution in [2.75, 3.05) is 13.1 Å². The van der Waals surface area contributed by atoms with Gasteiger partial charge in [0, 0.05) is 19.4 Å². The van der Waals surface area contributed by atoms with Crippen molar-refractivity contribution in [3.63, 3.8) is 0 Å². The van der Waals surface area contributed by atoms with E-state index >= 15 is 0 Å². The van der Waals surface area contributed by atoms with Crippen molar-refractivity contribution in [3.05, 3.63) is 0 Å². The van der Waals surface area contributed by atoms with E-state index < -0.39 is 182 Å². The molecule has 75 heavy (non-hydrogen) atoms. The first kappa shape index (κ1) is 65.5. The number of rotatable bonds is 36. The molecule has 422 valence electrons. The summed E-state index contributed by atoms with van der Waals surface area (Å²) in [5.74, 6) is -16.4. The molecule has 1 rings (SSSR count). The zero-order valence-corrected chi connectivity index (χ0v) is 42.6. The SMILES string of the molecule is CC(C)C[C@H](NC(=O)[C@H](CC(N)=O)NC(=O)[C@@H](N)CC(C)C)C(=O)N[C@@H](CCC(N)=O)C(=O)N[C@@H](CCCCN)C(=O)N[C@@H](CC(=O)O)C(=O)N[C@@H](CCC(=O)O)C(=O)N1CCC[C@H]1C(=O)N[C@@H](CC(N)=O)C(=O)O. The van der Waals surface area contributed by atoms with E-state index in [1.54, 1.807) is 27.7 Å². The van der Waals surface area contributed by atoms with Crippen LogP contribution in [0.25, 0.3) is 0 Å². The molecule has 0 aromatic heterocycles. The Labute approximate surface area is 432 Å². The molecule has 0 aromatic rings. The maximum atomic E-state index is 14.1. The highest BCUT2D eigenvalue weighted by Gasteiger charge is 2.41. The number of primary amides is 3. The maximum Gasteiger partial charge on any atom is 0.326 e. The number of nitrogens with two attached hydrogens (primary N) is 5. The zero-order chi connectivity index (χ0) is 57.3. The van der Waals surface area contributed by atoms with Gasteiger partial charge in [-0.25, -0.2) is 4.79 Å². The second kappa shape index (κ2) is 32.6. The zero-order valence-electron chi connectivity index (χ0n) is 42.6. The molecular formula is C45H75N13O17. The summed E-state index contributed by atoms with van der Waals surface area (Å²) in [5.41, 5.74) is 27.5. The lowest BCUT2D eigenvalue weighted by molar-refractivity contribution is -0.146. The number of amides is 11. The fourth-order valence-electron chi connectivity index (χ4n) is 7.77. The van der Waals surface area contributed by atoms with Crippen molar-refractivity contribution in [2.24, 2.45) is 40.5 Å². The lowest BCUT2D eigenvalue weighted by Gasteiger charge is -2.30. The molecule has 1 fully saturated rings. The third-order valence-corrected chi connectivity index (χ3v) is 11.5. The van der Waals surface area contributed by atoms with Gasteiger partial charge in [0.1, 0.15) is 48.3 Å². The molecule has 0 aliphatic carbocycles. The van der Waals surface area contributed by atoms with Gasteiger partial charge in [0.2, 0.25) is 65.0 Å². The smallest absolute Gasteiger partial charge is 0.326 e. The Morgan fingerprint density at radius 2 is 0.960 bits per heavy atom. The predicted molar refractivity (Wildman–Crippen MR) is 261 cm³/mol. The van der Waals surface area contributed by atoms with E-state index in [1.165, 1.54) is 0 Å². The average molecular weight is 1070 g/mol. The number of nitrogens with zero attached hydrogens (tertiary/aromatic N) is 1. The van der Waals surface area contributed by atoms with Gasteiger partial charge in [0.15, 0.2) is 0 Å². The van der Waals surface area contributed by atoms with Gasteiger partial charge in [-0.1, -0.05) is 27.7 Å². The van der Waals surface area contributed by atoms with Gasteiger partial charge >= 0.3 is 17.9 Å². The van der Waals surface area contributed by atoms with Gasteiger partial charge in [-0.15, -0.1) is 0 Å². The Balaban J connectivity index is 3.54. The first-order valence-electron chi connectivity index (χ1n) is 24.4. The minimum Gasteiger partial charge on any atom is -0.481 e. The van der Waals surface area contributed by atoms with Crippen LogP contribution in [0.15, 0.2) is 0 Å². The van der Waals surface area contributed by atoms with E-state index in [4.69, 9.17) is 28.7 Å². The largest absolute Gasteiger partial charge is 0.481 e. The monoisotopic (exact) mass is 1070 g/mol. The van der Waals surface area contributed by atoms with Crippen LogP contribution in [-0.2, 0) is 67.1 Å². The molecule has 0 aromatic carbocycles. The van der Waals surface area contributed by atoms with Gasteiger partial charge in [0.05, 0.1) is 25.3 Å². The van der Waals surface area contributed by atoms with E-state index in [0.29, 0.717) is 0 Å². The van der Waals surface area contributed by atoms with Gasteiger partial charge in [-0.05, 0) is 76.2 Å². The molecule has 1 heterocycles. The molecule has 0 saturated carbocycles. The molecule has 0 bridgehead atoms. The Bertz CT molecular complexity index is 2090. The van der Waals surface area contributed by atoms with Gasteiger partial charge in [-0.2, -0.15) is 0 Å². The van der Waals surface area contributed by atoms with E-state index in [1.807, 2.05) is 0 Å². The van der Waals surface area contributed by atoms with Gasteiger partial charge in [0.25, 0.3) is 0 Å². The summed E-state index contributed by atoms with van der Waals surface area (Å²) in [5, 5.41) is 45.0. The van der Waals surface area contributed by atoms with Crippen LogP contribution in [0.2, 0.25) is 0 Å². The van der Waals surface area contributed by atoms with Crippen molar-refractivity contribution >= 4 is 82.9 Å². The maximum absolute atomic E-state index is 14.1. The molecule has 20 N–H and O–H groups in total. The lowest BCUT2D eigenvalue weighted by Crippen LogP contribution is -2.60. The first-order chi connectivity index (χ1) is 35.0. The third kappa shape index (κ3) is 24.9. The van der Waals surface area contributed by atoms with Gasteiger partial charge in [-0.3, -0.25) is 62.3 Å². The van der Waals surface area contributed by atoms with Gasteiger partial charge < -0.3 is 86.1 Å². The molecule has 30 heteroatoms. The Hall–Kier alpha value is -7.50. The predicted octanol–water partition coefficient (Wildman–Crippen LogP) is -5.64. The van der Waals surface area contributed by atoms with Crippen LogP contribution in [0.5, 0.6) is 0 Å². The molecule has 30 nitrogen and oxygen atoms in total. The molecule has 1 aliphatic rings. The van der Waals surface area contributed by atoms with Crippen LogP contribution in [0, 0.1) is 11.8 Å². The number of carboxylic acid groups (broad SMARTS) is 3. The van der Waals surface area contributed by atoms with E-state index in [-0.39, 0.29) is 69.9 Å². The van der Waals surface area contributed by atoms with Crippen molar-refractivity contribution in [1.29, 1.82) is 0 Å². The number of aliphatic carboxylic acids is 3. The number of unbranched alkanes of at least 4 members (excludes halogenated alkanes) is 1. The van der Waals surface area contributed by atoms with Crippen LogP contribution in [0.3, 0.4) is 0 Å². The quantitative estimate of drug-likeness (QED) is 0.0260. The Morgan fingerprint density at radius 1 is 0.507 bits per heavy atom. The highest BCUT2D eigenvalue weighted by Crippen LogP contribution is 2.21. The second-order valence-corrected chi connectivity index (χ2v) is 19.0. The molecule has 0 spiro atoms. The summed E-state index contributed by atoms with van der Waals surface area (Å²) < 4.78 is 0. The third-order valence-electron chi connectivity index (χ3n) is 11.5. The van der Waals surface area contributed by atoms with Crippen molar-refractivity contribution in [2.45, 2.75) is 172 Å². The minimum absolute atomic E-state index is 0.0120. The number of carbonyl (C=O) groups excluding carboxylic acids is 11. The normalized spacial score (nSPS) is 16.3. The molecule has 1 aliphatic heterocycles. The standard InChI is InChI=1S/C45H75N13O17/c1-21(2)16-23(47)37(66)54-28(18-33(49)60)41(70)55-27(17-22(3)4)40(69)52-25(10-12-32(48)59)39(68)51-24(8-5-6-14-46)38(67)56-29(20-36(64)65)42(71)53-26(11-13-35(62)63)44(73)58-15-7-9-31(58)43(72)57-30(45(74)75)19-34(50)61/h21-31H,5-20,46-47H2,1-4H3,(H2,48,59)(H2,49,60)(H2,50,61)(H,51,68)(H,52,69)(H,53,71)(H,54,66)(H,55,70)(H,56,67)(H,57,72)(H,62,63)(H,64,65)(H,74,75)/t23-,24-,25-,26-,27-,28-,29-,30-,31-/m0/s1. The minimum atomic E-state index is -2.02. The fraction of sp³-hybridized carbons (Fsp3) is 0.689. The Morgan fingerprint density at radius 3 is 1.45 bits per heavy atom. The van der Waals surface area contributed by atoms with Crippen LogP contribution < -0.4 is 65.9 Å². The molecule has 0 unspecified atom stereocenters. The van der Waals surface area contributed by atoms with E-state index in [9.17, 15) is 82.4 Å². The summed E-state index contributed by atoms with van der Waals surface area (Å²) in [6, 6.07) is -14.3. The summed E-state index contributed by atoms with van der Waals surface area (Å²) >= 11 is 0. The molecule has 11 amide bonds. The first-order valence-corrected chi connectivity index (χ1v) is 24.4.